The van der Waals surface area contributed by atoms with Crippen LogP contribution >= 0.6 is 0 Å². The Bertz CT molecular complexity index is 644. The lowest BCUT2D eigenvalue weighted by atomic mass is 10.3. The van der Waals surface area contributed by atoms with Crippen LogP contribution in [0.4, 0.5) is 0 Å². The van der Waals surface area contributed by atoms with Crippen molar-refractivity contribution in [2.45, 2.75) is 110 Å². The molecule has 12 heteroatoms. The maximum absolute atomic E-state index is 12.7. The topological polar surface area (TPSA) is 57.2 Å². The summed E-state index contributed by atoms with van der Waals surface area (Å²) in [6, 6.07) is 1.80. The molecule has 1 unspecified atom stereocenters. The molecule has 0 bridgehead atoms. The second-order valence-corrected chi connectivity index (χ2v) is 37.4. The van der Waals surface area contributed by atoms with Crippen molar-refractivity contribution in [1.29, 1.82) is 0 Å². The monoisotopic (exact) mass is 595 g/mol. The van der Waals surface area contributed by atoms with E-state index in [4.69, 9.17) is 16.8 Å². The van der Waals surface area contributed by atoms with Gasteiger partial charge in [0.2, 0.25) is 5.91 Å². The van der Waals surface area contributed by atoms with E-state index < -0.39 is 50.9 Å². The van der Waals surface area contributed by atoms with Crippen molar-refractivity contribution in [3.8, 4) is 0 Å². The Balaban J connectivity index is 5.21. The van der Waals surface area contributed by atoms with E-state index in [1.54, 1.807) is 0 Å². The third kappa shape index (κ3) is 18.3. The number of nitrogens with zero attached hydrogens (tertiary/aromatic N) is 1. The lowest BCUT2D eigenvalue weighted by molar-refractivity contribution is -0.126. The average molecular weight is 596 g/mol. The lowest BCUT2D eigenvalue weighted by Crippen LogP contribution is -2.52. The molecule has 0 saturated carbocycles. The van der Waals surface area contributed by atoms with Crippen LogP contribution in [0.2, 0.25) is 97.2 Å². The second-order valence-electron chi connectivity index (χ2n) is 13.4. The Hall–Kier alpha value is 0.351. The van der Waals surface area contributed by atoms with Gasteiger partial charge in [-0.25, -0.2) is 0 Å². The molecule has 1 amide bonds. The van der Waals surface area contributed by atoms with Crippen molar-refractivity contribution in [2.75, 3.05) is 19.3 Å². The summed E-state index contributed by atoms with van der Waals surface area (Å²) >= 11 is 0. The molecule has 0 radical (unpaired) electrons. The SMILES string of the molecule is C=CC(=O)N(CCC[Si](C)(OC[SiH](C)C)O[Si](C)(C)C)CCC[Si](C)(O[Si](C)(C)C)O[Si](C)(C)C. The molecule has 0 saturated heterocycles. The maximum Gasteiger partial charge on any atom is 0.324 e. The Morgan fingerprint density at radius 3 is 1.46 bits per heavy atom. The molecule has 0 aliphatic carbocycles. The van der Waals surface area contributed by atoms with Gasteiger partial charge in [-0.05, 0) is 103 Å². The highest BCUT2D eigenvalue weighted by Crippen LogP contribution is 2.26. The van der Waals surface area contributed by atoms with Crippen molar-refractivity contribution < 1.29 is 21.6 Å². The van der Waals surface area contributed by atoms with Gasteiger partial charge in [-0.1, -0.05) is 19.7 Å². The van der Waals surface area contributed by atoms with Gasteiger partial charge in [0.05, 0.1) is 8.80 Å². The Morgan fingerprint density at radius 1 is 0.743 bits per heavy atom. The molecule has 0 aromatic heterocycles. The Morgan fingerprint density at radius 2 is 1.11 bits per heavy atom. The molecule has 35 heavy (non-hydrogen) atoms. The first-order valence-corrected chi connectivity index (χ1v) is 31.6. The third-order valence-electron chi connectivity index (χ3n) is 4.89. The first-order chi connectivity index (χ1) is 15.6. The van der Waals surface area contributed by atoms with Crippen LogP contribution < -0.4 is 0 Å². The van der Waals surface area contributed by atoms with Crippen LogP contribution in [0.3, 0.4) is 0 Å². The van der Waals surface area contributed by atoms with E-state index in [-0.39, 0.29) is 5.91 Å². The van der Waals surface area contributed by atoms with E-state index in [0.717, 1.165) is 31.2 Å². The highest BCUT2D eigenvalue weighted by molar-refractivity contribution is 6.87. The number of rotatable bonds is 18. The van der Waals surface area contributed by atoms with Crippen molar-refractivity contribution in [3.63, 3.8) is 0 Å². The normalized spacial score (nSPS) is 15.3. The number of hydrogen-bond acceptors (Lipinski definition) is 5. The van der Waals surface area contributed by atoms with Crippen molar-refractivity contribution in [3.05, 3.63) is 12.7 Å². The maximum atomic E-state index is 12.7. The van der Waals surface area contributed by atoms with Crippen LogP contribution in [-0.4, -0.2) is 81.0 Å². The molecule has 0 spiro atoms. The van der Waals surface area contributed by atoms with E-state index in [2.05, 4.69) is 91.7 Å². The standard InChI is InChI=1S/C23H57NO5Si6/c1-15-23(25)24(18-16-20-34(13,26-22-30(2)3)27-31(4,5)6)19-17-21-35(14,28-32(7,8)9)29-33(10,11)12/h15,30H,1,16-22H2,2-14H3. The summed E-state index contributed by atoms with van der Waals surface area (Å²) in [4.78, 5) is 14.6. The van der Waals surface area contributed by atoms with Crippen LogP contribution in [0.1, 0.15) is 12.8 Å². The molecule has 1 atom stereocenters. The zero-order valence-corrected chi connectivity index (χ0v) is 31.5. The fraction of sp³-hybridized carbons (Fsp3) is 0.870. The number of hydrogen-bond donors (Lipinski definition) is 0. The van der Waals surface area contributed by atoms with E-state index >= 15 is 0 Å². The number of carbonyl (C=O) groups excluding carboxylic acids is 1. The van der Waals surface area contributed by atoms with E-state index in [1.165, 1.54) is 6.08 Å². The van der Waals surface area contributed by atoms with Gasteiger partial charge in [0.15, 0.2) is 25.0 Å². The van der Waals surface area contributed by atoms with Crippen LogP contribution in [-0.2, 0) is 21.6 Å². The minimum atomic E-state index is -2.31. The van der Waals surface area contributed by atoms with Gasteiger partial charge in [-0.3, -0.25) is 4.79 Å². The summed E-state index contributed by atoms with van der Waals surface area (Å²) < 4.78 is 26.3. The van der Waals surface area contributed by atoms with Crippen LogP contribution in [0.15, 0.2) is 12.7 Å². The predicted octanol–water partition coefficient (Wildman–Crippen LogP) is 6.52. The van der Waals surface area contributed by atoms with Crippen molar-refractivity contribution >= 4 is 56.8 Å². The van der Waals surface area contributed by atoms with Gasteiger partial charge in [0, 0.05) is 19.3 Å². The van der Waals surface area contributed by atoms with E-state index in [9.17, 15) is 4.79 Å². The zero-order chi connectivity index (χ0) is 27.7. The van der Waals surface area contributed by atoms with E-state index in [0.29, 0.717) is 13.1 Å². The molecular weight excluding hydrogens is 539 g/mol. The summed E-state index contributed by atoms with van der Waals surface area (Å²) in [5.41, 5.74) is 0. The van der Waals surface area contributed by atoms with Gasteiger partial charge in [0.1, 0.15) is 0 Å². The molecule has 6 nitrogen and oxygen atoms in total. The molecular formula is C23H57NO5Si6. The fourth-order valence-electron chi connectivity index (χ4n) is 4.20. The van der Waals surface area contributed by atoms with Gasteiger partial charge < -0.3 is 21.7 Å². The van der Waals surface area contributed by atoms with Gasteiger partial charge >= 0.3 is 17.1 Å². The molecule has 0 fully saturated rings. The quantitative estimate of drug-likeness (QED) is 0.133. The van der Waals surface area contributed by atoms with Crippen molar-refractivity contribution in [2.24, 2.45) is 0 Å². The molecule has 0 aromatic rings. The molecule has 0 aliphatic heterocycles. The minimum absolute atomic E-state index is 0.00408. The molecule has 208 valence electrons. The van der Waals surface area contributed by atoms with Gasteiger partial charge in [-0.2, -0.15) is 0 Å². The molecule has 0 heterocycles. The molecule has 0 N–H and O–H groups in total. The Kier molecular flexibility index (Phi) is 14.6. The number of amides is 1. The molecule has 0 aromatic carbocycles. The van der Waals surface area contributed by atoms with E-state index in [1.807, 2.05) is 4.90 Å². The lowest BCUT2D eigenvalue weighted by Gasteiger charge is -2.39. The first kappa shape index (κ1) is 35.4. The second kappa shape index (κ2) is 14.5. The third-order valence-corrected chi connectivity index (χ3v) is 21.9. The van der Waals surface area contributed by atoms with Crippen molar-refractivity contribution in [1.82, 2.24) is 4.90 Å². The number of carbonyl (C=O) groups is 1. The largest absolute Gasteiger partial charge is 0.437 e. The zero-order valence-electron chi connectivity index (χ0n) is 25.3. The summed E-state index contributed by atoms with van der Waals surface area (Å²) in [5, 5.41) is 0. The first-order valence-electron chi connectivity index (χ1n) is 13.2. The Labute approximate surface area is 224 Å². The molecule has 0 rings (SSSR count). The average Bonchev–Trinajstić information content (AvgIpc) is 2.60. The summed E-state index contributed by atoms with van der Waals surface area (Å²) in [7, 11) is -10.6. The summed E-state index contributed by atoms with van der Waals surface area (Å²) in [5.74, 6) is -0.00408. The summed E-state index contributed by atoms with van der Waals surface area (Å²) in [6.07, 6.45) is 4.06. The fourth-order valence-corrected chi connectivity index (χ4v) is 26.2. The summed E-state index contributed by atoms with van der Waals surface area (Å²) in [6.45, 7) is 34.2. The van der Waals surface area contributed by atoms with Gasteiger partial charge in [-0.15, -0.1) is 0 Å². The van der Waals surface area contributed by atoms with Crippen LogP contribution in [0, 0.1) is 0 Å². The van der Waals surface area contributed by atoms with Crippen LogP contribution in [0.25, 0.3) is 0 Å². The molecule has 0 aliphatic rings. The highest BCUT2D eigenvalue weighted by Gasteiger charge is 2.40. The highest BCUT2D eigenvalue weighted by atomic mass is 28.5. The predicted molar refractivity (Wildman–Crippen MR) is 167 cm³/mol. The van der Waals surface area contributed by atoms with Crippen LogP contribution in [0.5, 0.6) is 0 Å². The smallest absolute Gasteiger partial charge is 0.324 e. The minimum Gasteiger partial charge on any atom is -0.437 e. The van der Waals surface area contributed by atoms with Gasteiger partial charge in [0.25, 0.3) is 0 Å².